The predicted molar refractivity (Wildman–Crippen MR) is 73.2 cm³/mol. The first-order valence-corrected chi connectivity index (χ1v) is 6.14. The Morgan fingerprint density at radius 1 is 1.15 bits per heavy atom. The van der Waals surface area contributed by atoms with E-state index in [1.807, 2.05) is 0 Å². The summed E-state index contributed by atoms with van der Waals surface area (Å²) in [4.78, 5) is 45.0. The maximum absolute atomic E-state index is 11.5. The zero-order valence-electron chi connectivity index (χ0n) is 12.0. The summed E-state index contributed by atoms with van der Waals surface area (Å²) in [6.45, 7) is 6.24. The molecule has 1 rings (SSSR count). The Bertz CT molecular complexity index is 591. The number of amides is 1. The number of esters is 1. The second-order valence-electron chi connectivity index (χ2n) is 5.36. The van der Waals surface area contributed by atoms with Crippen LogP contribution in [0.2, 0.25) is 0 Å². The molecule has 0 unspecified atom stereocenters. The lowest BCUT2D eigenvalue weighted by molar-refractivity contribution is -0.152. The highest BCUT2D eigenvalue weighted by Crippen LogP contribution is 2.09. The van der Waals surface area contributed by atoms with E-state index in [1.54, 1.807) is 20.8 Å². The Kier molecular flexibility index (Phi) is 4.65. The third-order valence-corrected chi connectivity index (χ3v) is 2.35. The predicted octanol–water partition coefficient (Wildman–Crippen LogP) is -0.328. The zero-order chi connectivity index (χ0) is 15.5. The van der Waals surface area contributed by atoms with Crippen LogP contribution in [0.4, 0.5) is 5.69 Å². The van der Waals surface area contributed by atoms with Gasteiger partial charge >= 0.3 is 5.97 Å². The molecule has 1 aromatic carbocycles. The molecule has 0 radical (unpaired) electrons. The van der Waals surface area contributed by atoms with Crippen LogP contribution < -0.4 is 21.5 Å². The average Bonchev–Trinajstić information content (AvgIpc) is 2.29. The Morgan fingerprint density at radius 3 is 2.25 bits per heavy atom. The van der Waals surface area contributed by atoms with Gasteiger partial charge < -0.3 is 15.4 Å². The number of carbonyl (C=O) groups is 2. The van der Waals surface area contributed by atoms with Crippen LogP contribution in [0.5, 0.6) is 0 Å². The molecule has 0 aliphatic rings. The normalized spacial score (nSPS) is 11.2. The zero-order valence-corrected chi connectivity index (χ0v) is 12.0. The lowest BCUT2D eigenvalue weighted by Crippen LogP contribution is -2.42. The lowest BCUT2D eigenvalue weighted by Gasteiger charge is -2.20. The van der Waals surface area contributed by atoms with Crippen LogP contribution in [-0.2, 0) is 20.9 Å². The molecule has 7 nitrogen and oxygen atoms in total. The molecular weight excluding hydrogens is 264 g/mol. The molecule has 0 fully saturated rings. The summed E-state index contributed by atoms with van der Waals surface area (Å²) in [5.41, 5.74) is -1.71. The molecule has 0 spiro atoms. The minimum atomic E-state index is -0.686. The number of ether oxygens (including phenoxy) is 1. The first-order valence-electron chi connectivity index (χ1n) is 6.14. The molecule has 0 saturated heterocycles. The van der Waals surface area contributed by atoms with Crippen molar-refractivity contribution in [1.82, 2.24) is 5.32 Å². The van der Waals surface area contributed by atoms with Crippen LogP contribution in [0.1, 0.15) is 33.3 Å². The molecule has 0 aromatic heterocycles. The fourth-order valence-electron chi connectivity index (χ4n) is 1.55. The minimum absolute atomic E-state index is 0.0312. The van der Waals surface area contributed by atoms with Gasteiger partial charge in [-0.3, -0.25) is 19.2 Å². The highest BCUT2D eigenvalue weighted by atomic mass is 16.6. The molecule has 0 aliphatic heterocycles. The summed E-state index contributed by atoms with van der Waals surface area (Å²) in [7, 11) is 0. The highest BCUT2D eigenvalue weighted by molar-refractivity contribution is 5.77. The number of rotatable bonds is 5. The van der Waals surface area contributed by atoms with Gasteiger partial charge in [0.1, 0.15) is 12.1 Å². The molecular formula is C13H18N2O5. The first-order chi connectivity index (χ1) is 9.11. The fraction of sp³-hybridized carbons (Fsp3) is 0.538. The van der Waals surface area contributed by atoms with E-state index in [-0.39, 0.29) is 30.2 Å². The van der Waals surface area contributed by atoms with E-state index in [4.69, 9.17) is 4.74 Å². The van der Waals surface area contributed by atoms with Crippen LogP contribution in [0.3, 0.4) is 0 Å². The molecule has 0 aliphatic carbocycles. The summed E-state index contributed by atoms with van der Waals surface area (Å²) in [5.74, 6) is -0.841. The summed E-state index contributed by atoms with van der Waals surface area (Å²) in [6.07, 6.45) is 0. The van der Waals surface area contributed by atoms with Crippen molar-refractivity contribution in [3.63, 3.8) is 0 Å². The molecule has 1 amide bonds. The summed E-state index contributed by atoms with van der Waals surface area (Å²) in [5, 5.41) is 5.01. The molecule has 2 N–H and O–H groups in total. The smallest absolute Gasteiger partial charge is 0.325 e. The van der Waals surface area contributed by atoms with Crippen molar-refractivity contribution in [3.05, 3.63) is 26.0 Å². The van der Waals surface area contributed by atoms with Crippen molar-refractivity contribution in [2.45, 2.75) is 39.8 Å². The standard InChI is InChI=1S/C13H18N2O5/c1-7(16)14-5-8-10(12(19)11(8)18)15-6-9(17)20-13(2,3)4/h15H,5-6H2,1-4H3,(H,14,16). The van der Waals surface area contributed by atoms with Gasteiger partial charge in [-0.25, -0.2) is 0 Å². The van der Waals surface area contributed by atoms with Crippen molar-refractivity contribution >= 4 is 17.6 Å². The maximum Gasteiger partial charge on any atom is 0.325 e. The fourth-order valence-corrected chi connectivity index (χ4v) is 1.55. The van der Waals surface area contributed by atoms with E-state index in [1.165, 1.54) is 6.92 Å². The first kappa shape index (κ1) is 15.9. The Labute approximate surface area is 116 Å². The summed E-state index contributed by atoms with van der Waals surface area (Å²) >= 11 is 0. The number of carbonyl (C=O) groups excluding carboxylic acids is 2. The Hall–Kier alpha value is -2.18. The Morgan fingerprint density at radius 2 is 1.75 bits per heavy atom. The number of hydrogen-bond donors (Lipinski definition) is 2. The minimum Gasteiger partial charge on any atom is -0.459 e. The van der Waals surface area contributed by atoms with E-state index in [9.17, 15) is 19.2 Å². The number of anilines is 1. The molecule has 0 bridgehead atoms. The van der Waals surface area contributed by atoms with Crippen LogP contribution in [0.25, 0.3) is 0 Å². The second kappa shape index (κ2) is 5.85. The molecule has 20 heavy (non-hydrogen) atoms. The third kappa shape index (κ3) is 4.18. The third-order valence-electron chi connectivity index (χ3n) is 2.35. The van der Waals surface area contributed by atoms with Crippen molar-refractivity contribution in [1.29, 1.82) is 0 Å². The van der Waals surface area contributed by atoms with E-state index in [0.29, 0.717) is 0 Å². The second-order valence-corrected chi connectivity index (χ2v) is 5.36. The van der Waals surface area contributed by atoms with Crippen molar-refractivity contribution in [2.24, 2.45) is 0 Å². The Balaban J connectivity index is 2.63. The largest absolute Gasteiger partial charge is 0.459 e. The van der Waals surface area contributed by atoms with Crippen molar-refractivity contribution in [3.8, 4) is 0 Å². The topological polar surface area (TPSA) is 102 Å². The van der Waals surface area contributed by atoms with E-state index in [0.717, 1.165) is 0 Å². The molecule has 110 valence electrons. The van der Waals surface area contributed by atoms with Gasteiger partial charge in [0.15, 0.2) is 0 Å². The maximum atomic E-state index is 11.5. The lowest BCUT2D eigenvalue weighted by atomic mass is 10.1. The average molecular weight is 282 g/mol. The van der Waals surface area contributed by atoms with Gasteiger partial charge in [0.2, 0.25) is 16.8 Å². The number of hydrogen-bond acceptors (Lipinski definition) is 6. The summed E-state index contributed by atoms with van der Waals surface area (Å²) < 4.78 is 5.06. The van der Waals surface area contributed by atoms with Crippen LogP contribution >= 0.6 is 0 Å². The van der Waals surface area contributed by atoms with E-state index in [2.05, 4.69) is 10.6 Å². The SMILES string of the molecule is CC(=O)NCc1c(NCC(=O)OC(C)(C)C)c(=O)c1=O. The van der Waals surface area contributed by atoms with Crippen LogP contribution in [-0.4, -0.2) is 24.0 Å². The quantitative estimate of drug-likeness (QED) is 0.566. The van der Waals surface area contributed by atoms with Gasteiger partial charge in [-0.1, -0.05) is 0 Å². The van der Waals surface area contributed by atoms with Gasteiger partial charge in [0, 0.05) is 13.5 Å². The van der Waals surface area contributed by atoms with E-state index < -0.39 is 22.4 Å². The van der Waals surface area contributed by atoms with Crippen molar-refractivity contribution < 1.29 is 14.3 Å². The summed E-state index contributed by atoms with van der Waals surface area (Å²) in [6, 6.07) is 0. The van der Waals surface area contributed by atoms with Gasteiger partial charge in [0.25, 0.3) is 0 Å². The number of nitrogens with one attached hydrogen (secondary N) is 2. The van der Waals surface area contributed by atoms with Crippen LogP contribution in [0, 0.1) is 0 Å². The van der Waals surface area contributed by atoms with Gasteiger partial charge in [-0.05, 0) is 20.8 Å². The van der Waals surface area contributed by atoms with Crippen molar-refractivity contribution in [2.75, 3.05) is 11.9 Å². The van der Waals surface area contributed by atoms with E-state index >= 15 is 0 Å². The molecule has 0 saturated carbocycles. The highest BCUT2D eigenvalue weighted by Gasteiger charge is 2.22. The van der Waals surface area contributed by atoms with Gasteiger partial charge in [-0.2, -0.15) is 0 Å². The molecule has 0 atom stereocenters. The van der Waals surface area contributed by atoms with Crippen LogP contribution in [0.15, 0.2) is 9.59 Å². The molecule has 7 heteroatoms. The monoisotopic (exact) mass is 282 g/mol. The van der Waals surface area contributed by atoms with Gasteiger partial charge in [0.05, 0.1) is 11.3 Å². The van der Waals surface area contributed by atoms with Gasteiger partial charge in [-0.15, -0.1) is 0 Å². The molecule has 0 heterocycles. The molecule has 1 aromatic rings.